The van der Waals surface area contributed by atoms with Gasteiger partial charge in [0.2, 0.25) is 12.2 Å². The highest BCUT2D eigenvalue weighted by Crippen LogP contribution is 2.15. The minimum Gasteiger partial charge on any atom is -0.481 e. The summed E-state index contributed by atoms with van der Waals surface area (Å²) in [6.07, 6.45) is 1.75. The van der Waals surface area contributed by atoms with Crippen LogP contribution in [0.2, 0.25) is 0 Å². The molecule has 0 bridgehead atoms. The van der Waals surface area contributed by atoms with Crippen molar-refractivity contribution in [3.05, 3.63) is 36.2 Å². The highest BCUT2D eigenvalue weighted by atomic mass is 16.5. The molecule has 23 heavy (non-hydrogen) atoms. The zero-order valence-electron chi connectivity index (χ0n) is 13.0. The maximum Gasteiger partial charge on any atom is 0.308 e. The van der Waals surface area contributed by atoms with Crippen molar-refractivity contribution in [2.75, 3.05) is 6.54 Å². The Bertz CT molecular complexity index is 650. The fourth-order valence-electron chi connectivity index (χ4n) is 2.23. The van der Waals surface area contributed by atoms with E-state index in [1.807, 2.05) is 13.8 Å². The predicted molar refractivity (Wildman–Crippen MR) is 82.6 cm³/mol. The van der Waals surface area contributed by atoms with Gasteiger partial charge in [0.1, 0.15) is 0 Å². The summed E-state index contributed by atoms with van der Waals surface area (Å²) in [7, 11) is 0. The molecule has 1 aromatic heterocycles. The summed E-state index contributed by atoms with van der Waals surface area (Å²) < 4.78 is 4.67. The second-order valence-corrected chi connectivity index (χ2v) is 5.71. The lowest BCUT2D eigenvalue weighted by molar-refractivity contribution is -0.142. The van der Waals surface area contributed by atoms with Crippen molar-refractivity contribution in [3.63, 3.8) is 0 Å². The molecule has 0 aliphatic heterocycles. The SMILES string of the molecule is CC(C)CC(CNC(=O)c1ccc(-c2ncon2)cc1)C(=O)O. The van der Waals surface area contributed by atoms with E-state index in [-0.39, 0.29) is 18.4 Å². The lowest BCUT2D eigenvalue weighted by Crippen LogP contribution is -2.33. The summed E-state index contributed by atoms with van der Waals surface area (Å²) in [6.45, 7) is 4.02. The van der Waals surface area contributed by atoms with Gasteiger partial charge >= 0.3 is 5.97 Å². The first-order chi connectivity index (χ1) is 11.0. The Hall–Kier alpha value is -2.70. The molecule has 0 spiro atoms. The molecular weight excluding hydrogens is 298 g/mol. The zero-order chi connectivity index (χ0) is 16.8. The monoisotopic (exact) mass is 317 g/mol. The van der Waals surface area contributed by atoms with Gasteiger partial charge in [-0.05, 0) is 24.5 Å². The zero-order valence-corrected chi connectivity index (χ0v) is 13.0. The van der Waals surface area contributed by atoms with Gasteiger partial charge in [-0.3, -0.25) is 9.59 Å². The molecule has 0 saturated heterocycles. The average Bonchev–Trinajstić information content (AvgIpc) is 3.05. The Balaban J connectivity index is 1.96. The number of carboxylic acids is 1. The number of amides is 1. The van der Waals surface area contributed by atoms with Crippen molar-refractivity contribution < 1.29 is 19.2 Å². The fourth-order valence-corrected chi connectivity index (χ4v) is 2.23. The van der Waals surface area contributed by atoms with Crippen LogP contribution in [0.1, 0.15) is 30.6 Å². The molecule has 0 radical (unpaired) electrons. The van der Waals surface area contributed by atoms with E-state index in [0.29, 0.717) is 17.8 Å². The van der Waals surface area contributed by atoms with Gasteiger partial charge in [-0.2, -0.15) is 4.98 Å². The van der Waals surface area contributed by atoms with Crippen LogP contribution in [-0.4, -0.2) is 33.7 Å². The van der Waals surface area contributed by atoms with Crippen molar-refractivity contribution >= 4 is 11.9 Å². The average molecular weight is 317 g/mol. The number of nitrogens with one attached hydrogen (secondary N) is 1. The van der Waals surface area contributed by atoms with Gasteiger partial charge in [-0.15, -0.1) is 0 Å². The molecule has 122 valence electrons. The van der Waals surface area contributed by atoms with Crippen molar-refractivity contribution in [2.45, 2.75) is 20.3 Å². The van der Waals surface area contributed by atoms with Crippen LogP contribution in [0.25, 0.3) is 11.4 Å². The standard InChI is InChI=1S/C16H19N3O4/c1-10(2)7-13(16(21)22)8-17-15(20)12-5-3-11(4-6-12)14-18-9-23-19-14/h3-6,9-10,13H,7-8H2,1-2H3,(H,17,20)(H,21,22). The van der Waals surface area contributed by atoms with Crippen molar-refractivity contribution in [1.82, 2.24) is 15.5 Å². The highest BCUT2D eigenvalue weighted by Gasteiger charge is 2.20. The number of benzene rings is 1. The van der Waals surface area contributed by atoms with Crippen LogP contribution in [0.3, 0.4) is 0 Å². The van der Waals surface area contributed by atoms with Crippen LogP contribution in [0.5, 0.6) is 0 Å². The van der Waals surface area contributed by atoms with E-state index in [2.05, 4.69) is 20.0 Å². The van der Waals surface area contributed by atoms with E-state index in [1.165, 1.54) is 6.39 Å². The first-order valence-corrected chi connectivity index (χ1v) is 7.35. The molecule has 2 aromatic rings. The van der Waals surface area contributed by atoms with E-state index < -0.39 is 11.9 Å². The maximum atomic E-state index is 12.1. The Labute approximate surface area is 133 Å². The van der Waals surface area contributed by atoms with Gasteiger partial charge < -0.3 is 14.9 Å². The van der Waals surface area contributed by atoms with Crippen LogP contribution < -0.4 is 5.32 Å². The van der Waals surface area contributed by atoms with E-state index >= 15 is 0 Å². The minimum atomic E-state index is -0.897. The fraction of sp³-hybridized carbons (Fsp3) is 0.375. The summed E-state index contributed by atoms with van der Waals surface area (Å²) in [6, 6.07) is 6.70. The lowest BCUT2D eigenvalue weighted by Gasteiger charge is -2.15. The number of nitrogens with zero attached hydrogens (tertiary/aromatic N) is 2. The quantitative estimate of drug-likeness (QED) is 0.811. The molecule has 2 N–H and O–H groups in total. The van der Waals surface area contributed by atoms with Gasteiger partial charge in [0.15, 0.2) is 0 Å². The summed E-state index contributed by atoms with van der Waals surface area (Å²) in [5.41, 5.74) is 1.18. The normalized spacial score (nSPS) is 12.1. The molecular formula is C16H19N3O4. The number of carboxylic acid groups (broad SMARTS) is 1. The van der Waals surface area contributed by atoms with E-state index in [0.717, 1.165) is 5.56 Å². The summed E-state index contributed by atoms with van der Waals surface area (Å²) in [5.74, 6) is -1.09. The molecule has 0 saturated carbocycles. The smallest absolute Gasteiger partial charge is 0.308 e. The number of hydrogen-bond donors (Lipinski definition) is 2. The molecule has 1 amide bonds. The molecule has 7 nitrogen and oxygen atoms in total. The van der Waals surface area contributed by atoms with Crippen molar-refractivity contribution in [3.8, 4) is 11.4 Å². The van der Waals surface area contributed by atoms with Gasteiger partial charge in [0, 0.05) is 17.7 Å². The van der Waals surface area contributed by atoms with E-state index in [1.54, 1.807) is 24.3 Å². The van der Waals surface area contributed by atoms with Crippen LogP contribution >= 0.6 is 0 Å². The van der Waals surface area contributed by atoms with E-state index in [9.17, 15) is 14.7 Å². The molecule has 2 rings (SSSR count). The Morgan fingerprint density at radius 3 is 2.48 bits per heavy atom. The molecule has 1 aromatic carbocycles. The number of rotatable bonds is 7. The van der Waals surface area contributed by atoms with Crippen molar-refractivity contribution in [1.29, 1.82) is 0 Å². The first-order valence-electron chi connectivity index (χ1n) is 7.35. The third-order valence-electron chi connectivity index (χ3n) is 3.38. The molecule has 0 fully saturated rings. The number of carbonyl (C=O) groups is 2. The second-order valence-electron chi connectivity index (χ2n) is 5.71. The van der Waals surface area contributed by atoms with E-state index in [4.69, 9.17) is 0 Å². The Kier molecular flexibility index (Phi) is 5.46. The van der Waals surface area contributed by atoms with Crippen LogP contribution in [-0.2, 0) is 4.79 Å². The minimum absolute atomic E-state index is 0.110. The lowest BCUT2D eigenvalue weighted by atomic mass is 9.97. The molecule has 1 atom stereocenters. The third kappa shape index (κ3) is 4.64. The van der Waals surface area contributed by atoms with Crippen LogP contribution in [0.15, 0.2) is 35.2 Å². The largest absolute Gasteiger partial charge is 0.481 e. The second kappa shape index (κ2) is 7.53. The third-order valence-corrected chi connectivity index (χ3v) is 3.38. The maximum absolute atomic E-state index is 12.1. The summed E-state index contributed by atoms with van der Waals surface area (Å²) >= 11 is 0. The highest BCUT2D eigenvalue weighted by molar-refractivity contribution is 5.94. The Morgan fingerprint density at radius 2 is 1.96 bits per heavy atom. The number of hydrogen-bond acceptors (Lipinski definition) is 5. The van der Waals surface area contributed by atoms with Crippen molar-refractivity contribution in [2.24, 2.45) is 11.8 Å². The summed E-state index contributed by atoms with van der Waals surface area (Å²) in [5, 5.41) is 15.6. The van der Waals surface area contributed by atoms with Crippen LogP contribution in [0.4, 0.5) is 0 Å². The molecule has 1 unspecified atom stereocenters. The first kappa shape index (κ1) is 16.7. The molecule has 7 heteroatoms. The molecule has 0 aliphatic rings. The van der Waals surface area contributed by atoms with Gasteiger partial charge in [-0.25, -0.2) is 0 Å². The number of carbonyl (C=O) groups excluding carboxylic acids is 1. The van der Waals surface area contributed by atoms with Crippen LogP contribution in [0, 0.1) is 11.8 Å². The summed E-state index contributed by atoms with van der Waals surface area (Å²) in [4.78, 5) is 27.2. The Morgan fingerprint density at radius 1 is 1.26 bits per heavy atom. The molecule has 1 heterocycles. The van der Waals surface area contributed by atoms with Gasteiger partial charge in [-0.1, -0.05) is 31.1 Å². The molecule has 0 aliphatic carbocycles. The topological polar surface area (TPSA) is 105 Å². The van der Waals surface area contributed by atoms with Gasteiger partial charge in [0.05, 0.1) is 5.92 Å². The van der Waals surface area contributed by atoms with Gasteiger partial charge in [0.25, 0.3) is 5.91 Å². The number of aliphatic carboxylic acids is 1. The number of aromatic nitrogens is 2. The predicted octanol–water partition coefficient (Wildman–Crippen LogP) is 2.21.